The van der Waals surface area contributed by atoms with Crippen molar-refractivity contribution < 1.29 is 45.0 Å². The second kappa shape index (κ2) is 7.22. The summed E-state index contributed by atoms with van der Waals surface area (Å²) in [6, 6.07) is 1.27. The van der Waals surface area contributed by atoms with Gasteiger partial charge in [0.1, 0.15) is 28.4 Å². The van der Waals surface area contributed by atoms with Crippen molar-refractivity contribution in [1.82, 2.24) is 0 Å². The number of aromatic hydroxyl groups is 1. The van der Waals surface area contributed by atoms with Crippen LogP contribution in [0.3, 0.4) is 0 Å². The highest BCUT2D eigenvalue weighted by Gasteiger charge is 2.57. The van der Waals surface area contributed by atoms with Gasteiger partial charge in [0.2, 0.25) is 5.79 Å². The van der Waals surface area contributed by atoms with Crippen LogP contribution >= 0.6 is 0 Å². The molecule has 0 aliphatic heterocycles. The highest BCUT2D eigenvalue weighted by atomic mass is 16.5. The number of nitrogens with two attached hydrogens (primary N) is 1. The number of fused-ring (bicyclic) bond motifs is 3. The van der Waals surface area contributed by atoms with Crippen LogP contribution in [-0.2, 0) is 11.2 Å². The van der Waals surface area contributed by atoms with Gasteiger partial charge < -0.3 is 41.3 Å². The van der Waals surface area contributed by atoms with E-state index in [4.69, 9.17) is 5.73 Å². The predicted molar refractivity (Wildman–Crippen MR) is 113 cm³/mol. The Morgan fingerprint density at radius 2 is 1.79 bits per heavy atom. The van der Waals surface area contributed by atoms with Crippen molar-refractivity contribution in [3.63, 3.8) is 0 Å². The number of benzene rings is 1. The molecule has 0 aromatic heterocycles. The van der Waals surface area contributed by atoms with E-state index in [0.717, 1.165) is 0 Å². The van der Waals surface area contributed by atoms with Gasteiger partial charge in [0.25, 0.3) is 5.91 Å². The molecule has 0 saturated carbocycles. The van der Waals surface area contributed by atoms with Crippen molar-refractivity contribution in [2.45, 2.75) is 25.0 Å². The first-order valence-electron chi connectivity index (χ1n) is 10.2. The van der Waals surface area contributed by atoms with Gasteiger partial charge in [-0.15, -0.1) is 0 Å². The summed E-state index contributed by atoms with van der Waals surface area (Å²) >= 11 is 0. The van der Waals surface area contributed by atoms with E-state index in [1.54, 1.807) is 19.0 Å². The number of hydrogen-bond acceptors (Lipinski definition) is 9. The number of amides is 1. The summed E-state index contributed by atoms with van der Waals surface area (Å²) in [5.41, 5.74) is 4.20. The molecule has 3 atom stereocenters. The van der Waals surface area contributed by atoms with E-state index < -0.39 is 69.6 Å². The highest BCUT2D eigenvalue weighted by molar-refractivity contribution is 6.16. The molecule has 3 aliphatic carbocycles. The Morgan fingerprint density at radius 1 is 1.15 bits per heavy atom. The molecule has 8 N–H and O–H groups in total. The zero-order chi connectivity index (χ0) is 24.6. The number of aromatic carboxylic acids is 1. The minimum atomic E-state index is -3.03. The maximum atomic E-state index is 13.5. The molecule has 0 fully saturated rings. The average Bonchev–Trinajstić information content (AvgIpc) is 2.65. The number of aliphatic hydroxyl groups is 4. The summed E-state index contributed by atoms with van der Waals surface area (Å²) in [6.45, 7) is 0. The Morgan fingerprint density at radius 3 is 2.33 bits per heavy atom. The van der Waals surface area contributed by atoms with E-state index in [1.165, 1.54) is 6.07 Å². The Hall–Kier alpha value is -3.57. The number of allylic oxidation sites excluding steroid dienone is 2. The van der Waals surface area contributed by atoms with Crippen molar-refractivity contribution in [3.8, 4) is 5.75 Å². The molecule has 33 heavy (non-hydrogen) atoms. The van der Waals surface area contributed by atoms with Gasteiger partial charge in [-0.05, 0) is 36.3 Å². The Balaban J connectivity index is 1.94. The topological polar surface area (TPSA) is 202 Å². The van der Waals surface area contributed by atoms with Crippen molar-refractivity contribution in [3.05, 3.63) is 45.4 Å². The van der Waals surface area contributed by atoms with Crippen LogP contribution in [0.2, 0.25) is 0 Å². The molecule has 4 rings (SSSR count). The summed E-state index contributed by atoms with van der Waals surface area (Å²) in [5.74, 6) is -11.5. The summed E-state index contributed by atoms with van der Waals surface area (Å²) in [4.78, 5) is 38.5. The van der Waals surface area contributed by atoms with Crippen LogP contribution in [-0.4, -0.2) is 68.2 Å². The zero-order valence-electron chi connectivity index (χ0n) is 17.9. The SMILES string of the molecule is CN(C)c1cc(C(=O)O)c(O)c2c1CC1CC3CC(O)=C(C(N)=O)C(O)(O)C3C(O)=C1C2=O. The van der Waals surface area contributed by atoms with Crippen LogP contribution in [0.4, 0.5) is 5.69 Å². The molecule has 0 radical (unpaired) electrons. The quantitative estimate of drug-likeness (QED) is 0.308. The molecule has 1 aromatic carbocycles. The van der Waals surface area contributed by atoms with Gasteiger partial charge in [-0.25, -0.2) is 4.79 Å². The number of primary amides is 1. The van der Waals surface area contributed by atoms with Crippen LogP contribution in [0.1, 0.15) is 39.1 Å². The standard InChI is InChI=1S/C22H24N2O9/c1-24(2)11-6-10(21(30)31)17(26)14-9(11)4-7-3-8-5-12(25)16(20(23)29)22(32,33)15(8)19(28)13(7)18(14)27/h6-8,15,25-26,28,32-33H,3-5H2,1-2H3,(H2,23,29)(H,30,31). The number of rotatable bonds is 3. The maximum absolute atomic E-state index is 13.5. The largest absolute Gasteiger partial charge is 0.512 e. The summed E-state index contributed by atoms with van der Waals surface area (Å²) < 4.78 is 0. The lowest BCUT2D eigenvalue weighted by Crippen LogP contribution is -2.54. The summed E-state index contributed by atoms with van der Waals surface area (Å²) in [7, 11) is 3.31. The number of anilines is 1. The maximum Gasteiger partial charge on any atom is 0.339 e. The molecule has 11 nitrogen and oxygen atoms in total. The number of Topliss-reactive ketones (excluding diaryl/α,β-unsaturated/α-hetero) is 1. The van der Waals surface area contributed by atoms with Crippen LogP contribution < -0.4 is 10.6 Å². The molecule has 176 valence electrons. The average molecular weight is 460 g/mol. The number of phenols is 1. The molecule has 1 amide bonds. The summed E-state index contributed by atoms with van der Waals surface area (Å²) in [6.07, 6.45) is 0.147. The highest BCUT2D eigenvalue weighted by Crippen LogP contribution is 2.54. The molecule has 0 bridgehead atoms. The van der Waals surface area contributed by atoms with Crippen LogP contribution in [0, 0.1) is 17.8 Å². The summed E-state index contributed by atoms with van der Waals surface area (Å²) in [5, 5.41) is 62.8. The first-order valence-corrected chi connectivity index (χ1v) is 10.2. The normalized spacial score (nSPS) is 25.8. The number of ketones is 1. The van der Waals surface area contributed by atoms with Gasteiger partial charge in [0, 0.05) is 31.8 Å². The first kappa shape index (κ1) is 22.6. The minimum absolute atomic E-state index is 0.154. The lowest BCUT2D eigenvalue weighted by Gasteiger charge is -2.47. The van der Waals surface area contributed by atoms with Gasteiger partial charge in [-0.3, -0.25) is 9.59 Å². The molecule has 0 spiro atoms. The predicted octanol–water partition coefficient (Wildman–Crippen LogP) is 0.342. The van der Waals surface area contributed by atoms with Gasteiger partial charge in [0.05, 0.1) is 11.5 Å². The second-order valence-corrected chi connectivity index (χ2v) is 8.96. The molecular weight excluding hydrogens is 436 g/mol. The van der Waals surface area contributed by atoms with Crippen LogP contribution in [0.25, 0.3) is 0 Å². The fourth-order valence-corrected chi connectivity index (χ4v) is 5.56. The first-order chi connectivity index (χ1) is 15.3. The van der Waals surface area contributed by atoms with Crippen LogP contribution in [0.5, 0.6) is 5.75 Å². The molecule has 3 aliphatic rings. The molecule has 0 heterocycles. The molecule has 11 heteroatoms. The number of nitrogens with zero attached hydrogens (tertiary/aromatic N) is 1. The number of carbonyl (C=O) groups is 3. The lowest BCUT2D eigenvalue weighted by atomic mass is 9.61. The smallest absolute Gasteiger partial charge is 0.339 e. The van der Waals surface area contributed by atoms with E-state index >= 15 is 0 Å². The van der Waals surface area contributed by atoms with Gasteiger partial charge >= 0.3 is 5.97 Å². The minimum Gasteiger partial charge on any atom is -0.512 e. The number of carbonyl (C=O) groups excluding carboxylic acids is 2. The van der Waals surface area contributed by atoms with Crippen molar-refractivity contribution in [2.75, 3.05) is 19.0 Å². The number of hydrogen-bond donors (Lipinski definition) is 7. The Kier molecular flexibility index (Phi) is 4.95. The Bertz CT molecular complexity index is 1180. The third-order valence-electron chi connectivity index (χ3n) is 6.85. The van der Waals surface area contributed by atoms with E-state index in [0.29, 0.717) is 11.3 Å². The third-order valence-corrected chi connectivity index (χ3v) is 6.85. The van der Waals surface area contributed by atoms with E-state index in [9.17, 15) is 45.0 Å². The fraction of sp³-hybridized carbons (Fsp3) is 0.409. The second-order valence-electron chi connectivity index (χ2n) is 8.96. The Labute approximate surface area is 187 Å². The molecule has 0 saturated heterocycles. The van der Waals surface area contributed by atoms with Crippen molar-refractivity contribution in [1.29, 1.82) is 0 Å². The monoisotopic (exact) mass is 460 g/mol. The number of aliphatic hydroxyl groups excluding tert-OH is 2. The van der Waals surface area contributed by atoms with Crippen molar-refractivity contribution >= 4 is 23.3 Å². The van der Waals surface area contributed by atoms with Gasteiger partial charge in [-0.2, -0.15) is 0 Å². The molecule has 1 aromatic rings. The fourth-order valence-electron chi connectivity index (χ4n) is 5.56. The van der Waals surface area contributed by atoms with E-state index in [-0.39, 0.29) is 30.4 Å². The van der Waals surface area contributed by atoms with Gasteiger partial charge in [-0.1, -0.05) is 0 Å². The zero-order valence-corrected chi connectivity index (χ0v) is 17.9. The molecular formula is C22H24N2O9. The number of carboxylic acids is 1. The van der Waals surface area contributed by atoms with Crippen LogP contribution in [0.15, 0.2) is 28.7 Å². The molecule has 3 unspecified atom stereocenters. The third kappa shape index (κ3) is 3.07. The van der Waals surface area contributed by atoms with Crippen molar-refractivity contribution in [2.24, 2.45) is 23.5 Å². The number of carboxylic acid groups (broad SMARTS) is 1. The van der Waals surface area contributed by atoms with E-state index in [1.807, 2.05) is 0 Å². The van der Waals surface area contributed by atoms with E-state index in [2.05, 4.69) is 0 Å². The lowest BCUT2D eigenvalue weighted by molar-refractivity contribution is -0.194. The van der Waals surface area contributed by atoms with Gasteiger partial charge in [0.15, 0.2) is 5.78 Å².